The fraction of sp³-hybridized carbons (Fsp3) is 0.267. The summed E-state index contributed by atoms with van der Waals surface area (Å²) in [6.07, 6.45) is 3.56. The maximum Gasteiger partial charge on any atom is 0.350 e. The van der Waals surface area contributed by atoms with Crippen molar-refractivity contribution in [3.05, 3.63) is 74.2 Å². The second-order valence-corrected chi connectivity index (χ2v) is 15.0. The molecule has 1 fully saturated rings. The monoisotopic (exact) mass is 804 g/mol. The molecule has 0 bridgehead atoms. The third kappa shape index (κ3) is 7.54. The number of aromatic hydroxyl groups is 2. The predicted octanol–water partition coefficient (Wildman–Crippen LogP) is 1.27. The molecule has 1 aromatic carbocycles. The lowest BCUT2D eigenvalue weighted by Gasteiger charge is -2.49. The Bertz CT molecular complexity index is 2180. The summed E-state index contributed by atoms with van der Waals surface area (Å²) in [5.74, 6) is -3.73. The third-order valence-corrected chi connectivity index (χ3v) is 10.7. The van der Waals surface area contributed by atoms with Gasteiger partial charge in [0.1, 0.15) is 21.4 Å². The van der Waals surface area contributed by atoms with Gasteiger partial charge in [0.05, 0.1) is 16.3 Å². The van der Waals surface area contributed by atoms with Crippen molar-refractivity contribution in [3.8, 4) is 11.5 Å². The highest BCUT2D eigenvalue weighted by molar-refractivity contribution is 8.00. The second kappa shape index (κ2) is 14.8. The molecule has 4 aromatic rings. The van der Waals surface area contributed by atoms with Crippen molar-refractivity contribution in [3.63, 3.8) is 0 Å². The van der Waals surface area contributed by atoms with E-state index >= 15 is 0 Å². The molecule has 0 saturated carbocycles. The summed E-state index contributed by atoms with van der Waals surface area (Å²) < 4.78 is 1.86. The molecule has 2 atom stereocenters. The van der Waals surface area contributed by atoms with Crippen molar-refractivity contribution in [2.75, 3.05) is 11.5 Å². The van der Waals surface area contributed by atoms with E-state index in [2.05, 4.69) is 41.4 Å². The Hall–Kier alpha value is -5.51. The van der Waals surface area contributed by atoms with Crippen LogP contribution in [0.4, 0.5) is 5.13 Å². The number of thioether (sulfide) groups is 1. The average Bonchev–Trinajstić information content (AvgIpc) is 3.78. The van der Waals surface area contributed by atoms with Crippen LogP contribution in [-0.4, -0.2) is 98.0 Å². The number of pyridine rings is 1. The number of hydrogen-bond donors (Lipinski definition) is 7. The average molecular weight is 806 g/mol. The van der Waals surface area contributed by atoms with E-state index in [9.17, 15) is 34.5 Å². The molecule has 8 N–H and O–H groups in total. The van der Waals surface area contributed by atoms with E-state index in [1.165, 1.54) is 42.6 Å². The van der Waals surface area contributed by atoms with Gasteiger partial charge >= 0.3 is 5.97 Å². The zero-order valence-electron chi connectivity index (χ0n) is 27.4. The van der Waals surface area contributed by atoms with Crippen LogP contribution < -0.4 is 20.9 Å². The SMILES string of the molecule is CC(C)(O/N=C(\C(=O)N[C@@H]1C(=O)N2C(c3nn[nH]n3)=C(C[n+]3ccc(CNC(=O)c4ccc(O)c(O)c4Cl)cc3)CS[C@H]12)c1nc(N)sc1Cl)C(=O)O. The summed E-state index contributed by atoms with van der Waals surface area (Å²) in [5.41, 5.74) is 5.27. The first kappa shape index (κ1) is 37.3. The number of carboxylic acids is 1. The maximum absolute atomic E-state index is 13.7. The number of rotatable bonds is 12. The molecule has 0 unspecified atom stereocenters. The second-order valence-electron chi connectivity index (χ2n) is 11.9. The van der Waals surface area contributed by atoms with Crippen LogP contribution in [0.5, 0.6) is 11.5 Å². The number of phenolic OH excluding ortho intramolecular Hbond substituents is 2. The van der Waals surface area contributed by atoms with Crippen molar-refractivity contribution in [2.24, 2.45) is 5.16 Å². The fourth-order valence-corrected chi connectivity index (χ4v) is 7.59. The number of halogens is 2. The van der Waals surface area contributed by atoms with Crippen LogP contribution in [0.15, 0.2) is 47.4 Å². The van der Waals surface area contributed by atoms with Gasteiger partial charge in [0.25, 0.3) is 17.7 Å². The van der Waals surface area contributed by atoms with Crippen molar-refractivity contribution >= 4 is 86.5 Å². The van der Waals surface area contributed by atoms with E-state index in [0.717, 1.165) is 22.5 Å². The van der Waals surface area contributed by atoms with Crippen molar-refractivity contribution < 1.29 is 43.9 Å². The van der Waals surface area contributed by atoms with Crippen LogP contribution in [0.3, 0.4) is 0 Å². The highest BCUT2D eigenvalue weighted by Gasteiger charge is 2.54. The molecule has 276 valence electrons. The molecule has 19 nitrogen and oxygen atoms in total. The Morgan fingerprint density at radius 1 is 1.21 bits per heavy atom. The number of tetrazole rings is 1. The minimum Gasteiger partial charge on any atom is -0.504 e. The number of anilines is 1. The zero-order valence-corrected chi connectivity index (χ0v) is 30.5. The first-order valence-electron chi connectivity index (χ1n) is 15.3. The molecule has 0 radical (unpaired) electrons. The lowest BCUT2D eigenvalue weighted by Crippen LogP contribution is -2.70. The topological polar surface area (TPSA) is 275 Å². The zero-order chi connectivity index (χ0) is 38.2. The van der Waals surface area contributed by atoms with Crippen LogP contribution in [0.1, 0.15) is 41.3 Å². The van der Waals surface area contributed by atoms with E-state index in [0.29, 0.717) is 18.0 Å². The Kier molecular flexibility index (Phi) is 10.4. The van der Waals surface area contributed by atoms with Gasteiger partial charge in [-0.3, -0.25) is 19.3 Å². The largest absolute Gasteiger partial charge is 0.504 e. The molecule has 6 rings (SSSR count). The first-order chi connectivity index (χ1) is 25.2. The lowest BCUT2D eigenvalue weighted by molar-refractivity contribution is -0.688. The van der Waals surface area contributed by atoms with Crippen LogP contribution >= 0.6 is 46.3 Å². The van der Waals surface area contributed by atoms with E-state index in [4.69, 9.17) is 33.8 Å². The number of H-pyrrole nitrogens is 1. The number of fused-ring (bicyclic) bond motifs is 1. The molecule has 0 aliphatic carbocycles. The summed E-state index contributed by atoms with van der Waals surface area (Å²) in [6, 6.07) is 5.00. The molecule has 1 saturated heterocycles. The van der Waals surface area contributed by atoms with Gasteiger partial charge in [-0.1, -0.05) is 39.7 Å². The number of carbonyl (C=O) groups excluding carboxylic acids is 3. The summed E-state index contributed by atoms with van der Waals surface area (Å²) in [7, 11) is 0. The summed E-state index contributed by atoms with van der Waals surface area (Å²) in [4.78, 5) is 62.2. The van der Waals surface area contributed by atoms with Gasteiger partial charge in [-0.2, -0.15) is 5.21 Å². The number of aromatic amines is 1. The van der Waals surface area contributed by atoms with Gasteiger partial charge in [-0.05, 0) is 36.8 Å². The highest BCUT2D eigenvalue weighted by Crippen LogP contribution is 2.43. The number of thiazole rings is 1. The number of carboxylic acid groups (broad SMARTS) is 1. The number of aliphatic carboxylic acids is 1. The van der Waals surface area contributed by atoms with Crippen molar-refractivity contribution in [1.29, 1.82) is 0 Å². The van der Waals surface area contributed by atoms with E-state index in [-0.39, 0.29) is 38.1 Å². The number of aromatic nitrogens is 6. The number of hydrogen-bond acceptors (Lipinski definition) is 15. The van der Waals surface area contributed by atoms with Crippen LogP contribution in [-0.2, 0) is 32.3 Å². The number of benzene rings is 1. The van der Waals surface area contributed by atoms with Gasteiger partial charge in [0.15, 0.2) is 41.3 Å². The first-order valence-corrected chi connectivity index (χ1v) is 17.9. The molecule has 3 amide bonds. The molecular weight excluding hydrogens is 777 g/mol. The number of oxime groups is 1. The Morgan fingerprint density at radius 3 is 2.58 bits per heavy atom. The van der Waals surface area contributed by atoms with Gasteiger partial charge in [-0.15, -0.1) is 22.0 Å². The van der Waals surface area contributed by atoms with Gasteiger partial charge in [0, 0.05) is 30.0 Å². The van der Waals surface area contributed by atoms with Gasteiger partial charge in [0.2, 0.25) is 11.4 Å². The van der Waals surface area contributed by atoms with Crippen molar-refractivity contribution in [1.82, 2.24) is 41.1 Å². The number of amides is 3. The molecule has 3 aromatic heterocycles. The molecule has 2 aliphatic rings. The van der Waals surface area contributed by atoms with Gasteiger partial charge in [-0.25, -0.2) is 14.3 Å². The quantitative estimate of drug-likeness (QED) is 0.0349. The normalized spacial score (nSPS) is 17.2. The van der Waals surface area contributed by atoms with Gasteiger partial charge < -0.3 is 36.5 Å². The lowest BCUT2D eigenvalue weighted by atomic mass is 10.0. The Morgan fingerprint density at radius 2 is 1.94 bits per heavy atom. The minimum absolute atomic E-state index is 0.000709. The summed E-state index contributed by atoms with van der Waals surface area (Å²) in [5, 5.41) is 51.4. The molecule has 0 spiro atoms. The third-order valence-electron chi connectivity index (χ3n) is 7.94. The number of nitrogens with two attached hydrogens (primary N) is 1. The molecule has 23 heteroatoms. The van der Waals surface area contributed by atoms with Crippen molar-refractivity contribution in [2.45, 2.75) is 44.0 Å². The molecule has 53 heavy (non-hydrogen) atoms. The fourth-order valence-electron chi connectivity index (χ4n) is 5.08. The maximum atomic E-state index is 13.7. The Labute approximate surface area is 316 Å². The predicted molar refractivity (Wildman–Crippen MR) is 190 cm³/mol. The number of carbonyl (C=O) groups is 4. The number of phenols is 2. The van der Waals surface area contributed by atoms with Crippen LogP contribution in [0.25, 0.3) is 5.70 Å². The minimum atomic E-state index is -1.81. The number of β-lactam (4-membered cyclic amide) rings is 1. The molecular formula is C30H28Cl2N11O8S2+. The van der Waals surface area contributed by atoms with Crippen LogP contribution in [0.2, 0.25) is 9.36 Å². The number of nitrogens with one attached hydrogen (secondary N) is 3. The number of nitrogen functional groups attached to an aromatic ring is 1. The smallest absolute Gasteiger partial charge is 0.350 e. The molecule has 5 heterocycles. The van der Waals surface area contributed by atoms with Crippen LogP contribution in [0, 0.1) is 0 Å². The van der Waals surface area contributed by atoms with E-state index in [1.807, 2.05) is 4.57 Å². The summed E-state index contributed by atoms with van der Waals surface area (Å²) in [6.45, 7) is 2.92. The Balaban J connectivity index is 1.17. The summed E-state index contributed by atoms with van der Waals surface area (Å²) >= 11 is 14.5. The standard InChI is InChI=1S/C30H27Cl2N11O8S2/c1-30(2,28(49)50)51-39-18(17-22(32)53-29(33)36-17)25(47)35-19-26(48)43-20(23-37-40-41-38-23)13(11-52-27(19)43)10-42-7-5-12(6-8-42)9-34-24(46)14-3-4-15(44)21(45)16(14)31/h3-8,19,27H,9-11H2,1-2H3,(H7-,33,34,35,36,37,38,39,40,41,44,45,46,47,49,50)/p+1/t19-,27-/m1/s1. The molecule has 2 aliphatic heterocycles. The number of nitrogens with zero attached hydrogens (tertiary/aromatic N) is 7. The van der Waals surface area contributed by atoms with E-state index < -0.39 is 57.9 Å². The highest BCUT2D eigenvalue weighted by atomic mass is 35.5. The van der Waals surface area contributed by atoms with E-state index in [1.54, 1.807) is 24.5 Å².